The second-order valence-corrected chi connectivity index (χ2v) is 19.9. The van der Waals surface area contributed by atoms with E-state index >= 15 is 0 Å². The van der Waals surface area contributed by atoms with Gasteiger partial charge in [-0.3, -0.25) is 4.98 Å². The van der Waals surface area contributed by atoms with Crippen molar-refractivity contribution in [2.45, 2.75) is 37.5 Å². The van der Waals surface area contributed by atoms with Crippen LogP contribution in [0.2, 0.25) is 0 Å². The van der Waals surface area contributed by atoms with Crippen LogP contribution < -0.4 is 9.80 Å². The molecule has 4 saturated carbocycles. The second kappa shape index (κ2) is 13.8. The summed E-state index contributed by atoms with van der Waals surface area (Å²) in [4.78, 5) is 9.47. The molecule has 4 bridgehead atoms. The molecule has 0 aliphatic heterocycles. The monoisotopic (exact) mass is 845 g/mol. The van der Waals surface area contributed by atoms with Gasteiger partial charge in [-0.2, -0.15) is 0 Å². The minimum atomic E-state index is 0.0935. The Morgan fingerprint density at radius 3 is 1.71 bits per heavy atom. The molecule has 5 aliphatic rings. The topological polar surface area (TPSA) is 19.4 Å². The van der Waals surface area contributed by atoms with E-state index in [2.05, 4.69) is 203 Å². The van der Waals surface area contributed by atoms with Gasteiger partial charge in [-0.1, -0.05) is 133 Å². The van der Waals surface area contributed by atoms with Crippen LogP contribution in [0.4, 0.5) is 34.1 Å². The molecule has 0 saturated heterocycles. The van der Waals surface area contributed by atoms with Crippen LogP contribution in [0.3, 0.4) is 0 Å². The summed E-state index contributed by atoms with van der Waals surface area (Å²) in [7, 11) is 0. The van der Waals surface area contributed by atoms with Gasteiger partial charge in [-0.05, 0) is 170 Å². The van der Waals surface area contributed by atoms with Gasteiger partial charge in [0.1, 0.15) is 0 Å². The molecule has 5 aliphatic carbocycles. The summed E-state index contributed by atoms with van der Waals surface area (Å²) in [6, 6.07) is 71.2. The van der Waals surface area contributed by atoms with Crippen molar-refractivity contribution < 1.29 is 0 Å². The lowest BCUT2D eigenvalue weighted by Gasteiger charge is -2.61. The lowest BCUT2D eigenvalue weighted by Crippen LogP contribution is -2.55. The minimum Gasteiger partial charge on any atom is -0.310 e. The Bertz CT molecular complexity index is 3710. The highest BCUT2D eigenvalue weighted by molar-refractivity contribution is 6.28. The van der Waals surface area contributed by atoms with Crippen LogP contribution in [0.15, 0.2) is 200 Å². The Labute approximate surface area is 384 Å². The van der Waals surface area contributed by atoms with Crippen LogP contribution in [-0.2, 0) is 5.41 Å². The highest BCUT2D eigenvalue weighted by atomic mass is 15.2. The Kier molecular flexibility index (Phi) is 7.68. The fourth-order valence-electron chi connectivity index (χ4n) is 14.6. The van der Waals surface area contributed by atoms with Crippen molar-refractivity contribution in [1.29, 1.82) is 0 Å². The number of benzene rings is 10. The van der Waals surface area contributed by atoms with Gasteiger partial charge in [0.15, 0.2) is 0 Å². The molecule has 1 heterocycles. The first-order valence-corrected chi connectivity index (χ1v) is 24.1. The Hall–Kier alpha value is -7.49. The first-order chi connectivity index (χ1) is 32.7. The standard InChI is InChI=1S/C63H47N3/c1-2-10-47(11-3-1)66(59-16-8-15-56-62(59)52-13-6-7-14-55(52)63(56)45-34-39-33-40(36-45)37-46(63)35-39)58-28-22-43-19-24-53-57(27-21-42-20-25-54(58)61(43)60(42)53)65(48-29-31-64-32-30-48)49-23-26-51-44(38-49)18-17-41-9-4-5-12-50(41)51/h1-32,38-40,45-46H,33-37H2. The molecule has 4 fully saturated rings. The third-order valence-corrected chi connectivity index (χ3v) is 16.8. The smallest absolute Gasteiger partial charge is 0.0543 e. The van der Waals surface area contributed by atoms with E-state index in [-0.39, 0.29) is 5.41 Å². The molecular weight excluding hydrogens is 799 g/mol. The molecule has 3 heteroatoms. The third kappa shape index (κ3) is 5.01. The zero-order chi connectivity index (χ0) is 43.1. The van der Waals surface area contributed by atoms with E-state index in [4.69, 9.17) is 0 Å². The molecule has 0 N–H and O–H groups in total. The lowest BCUT2D eigenvalue weighted by molar-refractivity contribution is -0.0399. The molecule has 66 heavy (non-hydrogen) atoms. The van der Waals surface area contributed by atoms with E-state index in [9.17, 15) is 0 Å². The van der Waals surface area contributed by atoms with Gasteiger partial charge < -0.3 is 9.80 Å². The van der Waals surface area contributed by atoms with Crippen molar-refractivity contribution in [2.24, 2.45) is 23.7 Å². The van der Waals surface area contributed by atoms with E-state index in [1.54, 1.807) is 11.1 Å². The Morgan fingerprint density at radius 1 is 0.379 bits per heavy atom. The van der Waals surface area contributed by atoms with Crippen LogP contribution in [0.25, 0.3) is 65.0 Å². The fourth-order valence-corrected chi connectivity index (χ4v) is 14.6. The SMILES string of the molecule is c1ccc(N(c2cccc3c2-c2ccccc2C32C3CC4CC(C3)CC2C4)c2ccc3ccc4c(N(c5ccncc5)c5ccc6c(ccc7ccccc76)c5)ccc5ccc2c3c54)cc1. The molecule has 0 unspecified atom stereocenters. The largest absolute Gasteiger partial charge is 0.310 e. The molecule has 1 aromatic heterocycles. The van der Waals surface area contributed by atoms with Crippen LogP contribution in [0.5, 0.6) is 0 Å². The average Bonchev–Trinajstić information content (AvgIpc) is 3.67. The number of anilines is 6. The van der Waals surface area contributed by atoms with Crippen LogP contribution in [-0.4, -0.2) is 4.98 Å². The van der Waals surface area contributed by atoms with Crippen molar-refractivity contribution in [3.05, 3.63) is 212 Å². The molecule has 0 radical (unpaired) electrons. The molecule has 0 atom stereocenters. The molecule has 10 aromatic carbocycles. The van der Waals surface area contributed by atoms with Gasteiger partial charge in [0.2, 0.25) is 0 Å². The minimum absolute atomic E-state index is 0.0935. The van der Waals surface area contributed by atoms with E-state index in [1.807, 2.05) is 12.4 Å². The zero-order valence-electron chi connectivity index (χ0n) is 36.7. The van der Waals surface area contributed by atoms with E-state index in [1.165, 1.54) is 114 Å². The third-order valence-electron chi connectivity index (χ3n) is 16.8. The second-order valence-electron chi connectivity index (χ2n) is 19.9. The highest BCUT2D eigenvalue weighted by Crippen LogP contribution is 2.70. The number of fused-ring (bicyclic) bond motifs is 6. The van der Waals surface area contributed by atoms with Crippen LogP contribution in [0, 0.1) is 23.7 Å². The predicted molar refractivity (Wildman–Crippen MR) is 276 cm³/mol. The number of para-hydroxylation sites is 1. The molecule has 0 amide bonds. The molecular formula is C63H47N3. The summed E-state index contributed by atoms with van der Waals surface area (Å²) in [5, 5.41) is 12.6. The molecule has 16 rings (SSSR count). The van der Waals surface area contributed by atoms with Gasteiger partial charge in [-0.15, -0.1) is 0 Å². The normalized spacial score (nSPS) is 21.4. The highest BCUT2D eigenvalue weighted by Gasteiger charge is 2.62. The summed E-state index contributed by atoms with van der Waals surface area (Å²) < 4.78 is 0. The summed E-state index contributed by atoms with van der Waals surface area (Å²) in [6.07, 6.45) is 10.8. The van der Waals surface area contributed by atoms with Gasteiger partial charge in [0.05, 0.1) is 17.1 Å². The van der Waals surface area contributed by atoms with E-state index < -0.39 is 0 Å². The van der Waals surface area contributed by atoms with E-state index in [0.29, 0.717) is 11.8 Å². The van der Waals surface area contributed by atoms with Crippen molar-refractivity contribution in [3.8, 4) is 11.1 Å². The number of nitrogens with zero attached hydrogens (tertiary/aromatic N) is 3. The van der Waals surface area contributed by atoms with Gasteiger partial charge in [0.25, 0.3) is 0 Å². The Morgan fingerprint density at radius 2 is 0.955 bits per heavy atom. The summed E-state index contributed by atoms with van der Waals surface area (Å²) in [6.45, 7) is 0. The van der Waals surface area contributed by atoms with Crippen molar-refractivity contribution in [2.75, 3.05) is 9.80 Å². The number of rotatable bonds is 6. The maximum absolute atomic E-state index is 4.45. The predicted octanol–water partition coefficient (Wildman–Crippen LogP) is 16.9. The van der Waals surface area contributed by atoms with Gasteiger partial charge in [-0.25, -0.2) is 0 Å². The first-order valence-electron chi connectivity index (χ1n) is 24.1. The number of hydrogen-bond acceptors (Lipinski definition) is 3. The quantitative estimate of drug-likeness (QED) is 0.155. The Balaban J connectivity index is 0.953. The van der Waals surface area contributed by atoms with E-state index in [0.717, 1.165) is 28.9 Å². The van der Waals surface area contributed by atoms with Gasteiger partial charge in [0, 0.05) is 51.2 Å². The summed E-state index contributed by atoms with van der Waals surface area (Å²) in [5.41, 5.74) is 13.1. The molecule has 314 valence electrons. The summed E-state index contributed by atoms with van der Waals surface area (Å²) in [5.74, 6) is 3.23. The van der Waals surface area contributed by atoms with Crippen molar-refractivity contribution in [3.63, 3.8) is 0 Å². The molecule has 1 spiro atoms. The maximum atomic E-state index is 4.45. The molecule has 11 aromatic rings. The lowest BCUT2D eigenvalue weighted by atomic mass is 9.43. The average molecular weight is 846 g/mol. The molecule has 3 nitrogen and oxygen atoms in total. The van der Waals surface area contributed by atoms with Crippen molar-refractivity contribution in [1.82, 2.24) is 4.98 Å². The van der Waals surface area contributed by atoms with Crippen molar-refractivity contribution >= 4 is 88.0 Å². The maximum Gasteiger partial charge on any atom is 0.0543 e. The summed E-state index contributed by atoms with van der Waals surface area (Å²) >= 11 is 0. The number of hydrogen-bond donors (Lipinski definition) is 0. The number of aromatic nitrogens is 1. The number of pyridine rings is 1. The first kappa shape index (κ1) is 36.8. The fraction of sp³-hybridized carbons (Fsp3) is 0.159. The van der Waals surface area contributed by atoms with Crippen LogP contribution >= 0.6 is 0 Å². The van der Waals surface area contributed by atoms with Gasteiger partial charge >= 0.3 is 0 Å². The zero-order valence-corrected chi connectivity index (χ0v) is 36.7. The van der Waals surface area contributed by atoms with Crippen LogP contribution in [0.1, 0.15) is 43.2 Å².